The Balaban J connectivity index is 0.00000507. The smallest absolute Gasteiger partial charge is 0.337 e. The molecule has 6 nitrogen and oxygen atoms in total. The molecule has 2 N–H and O–H groups in total. The quantitative estimate of drug-likeness (QED) is 0.527. The van der Waals surface area contributed by atoms with Crippen molar-refractivity contribution in [2.24, 2.45) is 5.73 Å². The highest BCUT2D eigenvalue weighted by Gasteiger charge is 2.38. The van der Waals surface area contributed by atoms with Crippen molar-refractivity contribution in [1.29, 1.82) is 0 Å². The Labute approximate surface area is 220 Å². The topological polar surface area (TPSA) is 69.9 Å². The SMILES string of the molecule is Cc1cc(F)ccc1[C@H]1CN(C(=O)CN)CCN1C(=O)N(C)Cc1cc(C(F)(F)F)cc(C(F)(F)F)c1.Cl. The third kappa shape index (κ3) is 7.07. The monoisotopic (exact) mass is 570 g/mol. The maximum Gasteiger partial charge on any atom is 0.416 e. The van der Waals surface area contributed by atoms with Crippen molar-refractivity contribution in [3.8, 4) is 0 Å². The minimum absolute atomic E-state index is 0. The summed E-state index contributed by atoms with van der Waals surface area (Å²) in [5.74, 6) is -0.874. The predicted octanol–water partition coefficient (Wildman–Crippen LogP) is 4.99. The van der Waals surface area contributed by atoms with Crippen LogP contribution in [0, 0.1) is 12.7 Å². The third-order valence-electron chi connectivity index (χ3n) is 6.14. The first-order valence-corrected chi connectivity index (χ1v) is 11.2. The second kappa shape index (κ2) is 11.8. The zero-order valence-electron chi connectivity index (χ0n) is 20.4. The molecule has 3 amide bonds. The number of nitrogens with two attached hydrogens (primary N) is 1. The van der Waals surface area contributed by atoms with E-state index >= 15 is 0 Å². The number of urea groups is 1. The van der Waals surface area contributed by atoms with Gasteiger partial charge in [0.2, 0.25) is 5.91 Å². The number of carbonyl (C=O) groups excluding carboxylic acids is 2. The van der Waals surface area contributed by atoms with Crippen molar-refractivity contribution in [2.45, 2.75) is 31.9 Å². The van der Waals surface area contributed by atoms with Gasteiger partial charge in [-0.3, -0.25) is 4.79 Å². The fraction of sp³-hybridized carbons (Fsp3) is 0.417. The van der Waals surface area contributed by atoms with Crippen molar-refractivity contribution in [2.75, 3.05) is 33.2 Å². The van der Waals surface area contributed by atoms with Crippen LogP contribution < -0.4 is 5.73 Å². The van der Waals surface area contributed by atoms with E-state index in [1.165, 1.54) is 35.0 Å². The van der Waals surface area contributed by atoms with Crippen molar-refractivity contribution >= 4 is 24.3 Å². The molecule has 0 spiro atoms. The minimum Gasteiger partial charge on any atom is -0.337 e. The maximum absolute atomic E-state index is 13.7. The molecule has 1 fully saturated rings. The molecule has 0 saturated carbocycles. The average Bonchev–Trinajstić information content (AvgIpc) is 2.81. The van der Waals surface area contributed by atoms with Crippen molar-refractivity contribution in [3.63, 3.8) is 0 Å². The highest BCUT2D eigenvalue weighted by molar-refractivity contribution is 5.85. The zero-order chi connectivity index (χ0) is 27.7. The molecule has 1 aliphatic rings. The molecule has 2 aromatic carbocycles. The van der Waals surface area contributed by atoms with Gasteiger partial charge < -0.3 is 20.4 Å². The van der Waals surface area contributed by atoms with Crippen molar-refractivity contribution in [1.82, 2.24) is 14.7 Å². The van der Waals surface area contributed by atoms with E-state index in [-0.39, 0.29) is 56.1 Å². The number of benzene rings is 2. The molecule has 0 unspecified atom stereocenters. The van der Waals surface area contributed by atoms with Crippen LogP contribution in [-0.4, -0.2) is 59.9 Å². The normalized spacial score (nSPS) is 16.2. The predicted molar refractivity (Wildman–Crippen MR) is 127 cm³/mol. The summed E-state index contributed by atoms with van der Waals surface area (Å²) in [6, 6.07) is 3.65. The van der Waals surface area contributed by atoms with E-state index in [0.29, 0.717) is 23.3 Å². The molecular weight excluding hydrogens is 545 g/mol. The lowest BCUT2D eigenvalue weighted by atomic mass is 9.97. The Morgan fingerprint density at radius 1 is 1.00 bits per heavy atom. The van der Waals surface area contributed by atoms with Crippen LogP contribution in [0.25, 0.3) is 0 Å². The van der Waals surface area contributed by atoms with Gasteiger partial charge in [0, 0.05) is 33.2 Å². The summed E-state index contributed by atoms with van der Waals surface area (Å²) in [6.45, 7) is 0.990. The van der Waals surface area contributed by atoms with E-state index in [4.69, 9.17) is 5.73 Å². The first kappa shape index (κ1) is 31.2. The average molecular weight is 571 g/mol. The molecule has 0 radical (unpaired) electrons. The number of alkyl halides is 6. The number of aryl methyl sites for hydroxylation is 1. The van der Waals surface area contributed by atoms with Gasteiger partial charge in [0.25, 0.3) is 0 Å². The number of carbonyl (C=O) groups is 2. The van der Waals surface area contributed by atoms with E-state index in [9.17, 15) is 40.3 Å². The van der Waals surface area contributed by atoms with E-state index in [0.717, 1.165) is 4.90 Å². The summed E-state index contributed by atoms with van der Waals surface area (Å²) in [4.78, 5) is 29.4. The maximum atomic E-state index is 13.7. The van der Waals surface area contributed by atoms with Gasteiger partial charge in [0.1, 0.15) is 5.82 Å². The lowest BCUT2D eigenvalue weighted by molar-refractivity contribution is -0.143. The zero-order valence-corrected chi connectivity index (χ0v) is 21.2. The number of piperazine rings is 1. The van der Waals surface area contributed by atoms with E-state index in [1.54, 1.807) is 6.92 Å². The molecule has 0 bridgehead atoms. The standard InChI is InChI=1S/C24H25F7N4O2.ClH/c1-14-7-18(25)3-4-19(14)20-13-34(21(36)11-32)5-6-35(20)22(37)33(2)12-15-8-16(23(26,27)28)10-17(9-15)24(29,30)31;/h3-4,7-10,20H,5-6,11-13,32H2,1-2H3;1H/t20-;/m1./s1. The second-order valence-electron chi connectivity index (χ2n) is 8.81. The highest BCUT2D eigenvalue weighted by atomic mass is 35.5. The molecule has 2 aromatic rings. The Morgan fingerprint density at radius 2 is 1.58 bits per heavy atom. The number of nitrogens with zero attached hydrogens (tertiary/aromatic N) is 3. The molecule has 1 aliphatic heterocycles. The van der Waals surface area contributed by atoms with E-state index in [1.807, 2.05) is 0 Å². The number of hydrogen-bond acceptors (Lipinski definition) is 3. The molecular formula is C24H26ClF7N4O2. The van der Waals surface area contributed by atoms with E-state index in [2.05, 4.69) is 0 Å². The summed E-state index contributed by atoms with van der Waals surface area (Å²) in [5, 5.41) is 0. The summed E-state index contributed by atoms with van der Waals surface area (Å²) in [6.07, 6.45) is -10.0. The number of rotatable bonds is 4. The Hall–Kier alpha value is -3.06. The van der Waals surface area contributed by atoms with Gasteiger partial charge in [0.15, 0.2) is 0 Å². The molecule has 3 rings (SSSR count). The fourth-order valence-electron chi connectivity index (χ4n) is 4.32. The van der Waals surface area contributed by atoms with Crippen molar-refractivity contribution in [3.05, 3.63) is 70.0 Å². The fourth-order valence-corrected chi connectivity index (χ4v) is 4.32. The molecule has 1 atom stereocenters. The minimum atomic E-state index is -5.02. The summed E-state index contributed by atoms with van der Waals surface area (Å²) < 4.78 is 93.1. The van der Waals surface area contributed by atoms with Crippen LogP contribution in [0.15, 0.2) is 36.4 Å². The summed E-state index contributed by atoms with van der Waals surface area (Å²) >= 11 is 0. The van der Waals surface area contributed by atoms with Crippen LogP contribution in [0.3, 0.4) is 0 Å². The molecule has 1 heterocycles. The van der Waals surface area contributed by atoms with Crippen LogP contribution >= 0.6 is 12.4 Å². The Morgan fingerprint density at radius 3 is 2.08 bits per heavy atom. The Kier molecular flexibility index (Phi) is 9.65. The van der Waals surface area contributed by atoms with Gasteiger partial charge in [-0.15, -0.1) is 12.4 Å². The van der Waals surface area contributed by atoms with Gasteiger partial charge in [-0.25, -0.2) is 9.18 Å². The number of halogens is 8. The highest BCUT2D eigenvalue weighted by Crippen LogP contribution is 2.37. The lowest BCUT2D eigenvalue weighted by Crippen LogP contribution is -2.55. The Bertz CT molecular complexity index is 1140. The molecule has 14 heteroatoms. The van der Waals surface area contributed by atoms with Crippen LogP contribution in [0.4, 0.5) is 35.5 Å². The van der Waals surface area contributed by atoms with Gasteiger partial charge in [0.05, 0.1) is 23.7 Å². The number of amides is 3. The molecule has 0 aromatic heterocycles. The summed E-state index contributed by atoms with van der Waals surface area (Å²) in [5.41, 5.74) is 3.18. The van der Waals surface area contributed by atoms with Gasteiger partial charge in [-0.2, -0.15) is 26.3 Å². The molecule has 210 valence electrons. The largest absolute Gasteiger partial charge is 0.416 e. The van der Waals surface area contributed by atoms with Crippen LogP contribution in [0.5, 0.6) is 0 Å². The molecule has 38 heavy (non-hydrogen) atoms. The van der Waals surface area contributed by atoms with Crippen LogP contribution in [0.1, 0.15) is 33.9 Å². The first-order chi connectivity index (χ1) is 17.1. The third-order valence-corrected chi connectivity index (χ3v) is 6.14. The lowest BCUT2D eigenvalue weighted by Gasteiger charge is -2.43. The second-order valence-corrected chi connectivity index (χ2v) is 8.81. The molecule has 0 aliphatic carbocycles. The van der Waals surface area contributed by atoms with E-state index < -0.39 is 47.9 Å². The number of hydrogen-bond donors (Lipinski definition) is 1. The van der Waals surface area contributed by atoms with Crippen LogP contribution in [0.2, 0.25) is 0 Å². The first-order valence-electron chi connectivity index (χ1n) is 11.2. The molecule has 1 saturated heterocycles. The van der Waals surface area contributed by atoms with Gasteiger partial charge in [-0.05, 0) is 53.9 Å². The van der Waals surface area contributed by atoms with Gasteiger partial charge >= 0.3 is 18.4 Å². The van der Waals surface area contributed by atoms with Crippen LogP contribution in [-0.2, 0) is 23.7 Å². The summed E-state index contributed by atoms with van der Waals surface area (Å²) in [7, 11) is 1.25. The van der Waals surface area contributed by atoms with Crippen molar-refractivity contribution < 1.29 is 40.3 Å². The van der Waals surface area contributed by atoms with Gasteiger partial charge in [-0.1, -0.05) is 6.07 Å².